The van der Waals surface area contributed by atoms with E-state index in [0.717, 1.165) is 12.8 Å². The quantitative estimate of drug-likeness (QED) is 0.807. The van der Waals surface area contributed by atoms with Gasteiger partial charge in [0.05, 0.1) is 6.42 Å². The predicted molar refractivity (Wildman–Crippen MR) is 85.7 cm³/mol. The third-order valence-corrected chi connectivity index (χ3v) is 5.33. The molecule has 2 aliphatic rings. The zero-order valence-corrected chi connectivity index (χ0v) is 14.4. The van der Waals surface area contributed by atoms with Crippen molar-refractivity contribution in [3.05, 3.63) is 0 Å². The summed E-state index contributed by atoms with van der Waals surface area (Å²) < 4.78 is 0. The zero-order valence-electron chi connectivity index (χ0n) is 14.4. The van der Waals surface area contributed by atoms with E-state index in [4.69, 9.17) is 5.11 Å². The van der Waals surface area contributed by atoms with Gasteiger partial charge in [-0.05, 0) is 44.9 Å². The van der Waals surface area contributed by atoms with E-state index >= 15 is 0 Å². The Kier molecular flexibility index (Phi) is 5.32. The maximum Gasteiger partial charge on any atom is 0.303 e. The van der Waals surface area contributed by atoms with Crippen LogP contribution in [0.1, 0.15) is 52.4 Å². The number of aliphatic carboxylic acids is 1. The molecule has 23 heavy (non-hydrogen) atoms. The lowest BCUT2D eigenvalue weighted by Gasteiger charge is -2.35. The third kappa shape index (κ3) is 4.45. The second-order valence-electron chi connectivity index (χ2n) is 7.45. The highest BCUT2D eigenvalue weighted by atomic mass is 16.4. The number of amides is 2. The van der Waals surface area contributed by atoms with E-state index in [9.17, 15) is 14.4 Å². The Balaban J connectivity index is 1.81. The summed E-state index contributed by atoms with van der Waals surface area (Å²) in [6.07, 6.45) is 3.50. The summed E-state index contributed by atoms with van der Waals surface area (Å²) in [6, 6.07) is 0.188. The van der Waals surface area contributed by atoms with Crippen LogP contribution in [0.15, 0.2) is 0 Å². The number of carboxylic acids is 1. The molecule has 6 nitrogen and oxygen atoms in total. The molecule has 0 aromatic heterocycles. The molecule has 0 bridgehead atoms. The molecule has 0 radical (unpaired) electrons. The molecule has 0 spiro atoms. The summed E-state index contributed by atoms with van der Waals surface area (Å²) in [4.78, 5) is 39.2. The molecule has 0 atom stereocenters. The molecule has 130 valence electrons. The first-order chi connectivity index (χ1) is 10.7. The molecular formula is C17H28N2O4. The lowest BCUT2D eigenvalue weighted by Crippen LogP contribution is -2.45. The Labute approximate surface area is 137 Å². The van der Waals surface area contributed by atoms with Crippen molar-refractivity contribution in [2.45, 2.75) is 58.4 Å². The first kappa shape index (κ1) is 17.8. The van der Waals surface area contributed by atoms with Crippen molar-refractivity contribution in [2.24, 2.45) is 11.3 Å². The maximum atomic E-state index is 12.4. The third-order valence-electron chi connectivity index (χ3n) is 5.33. The number of carboxylic acid groups (broad SMARTS) is 1. The Morgan fingerprint density at radius 2 is 1.74 bits per heavy atom. The predicted octanol–water partition coefficient (Wildman–Crippen LogP) is 1.74. The van der Waals surface area contributed by atoms with Crippen molar-refractivity contribution in [1.82, 2.24) is 9.80 Å². The summed E-state index contributed by atoms with van der Waals surface area (Å²) in [5.41, 5.74) is -0.298. The standard InChI is InChI=1S/C17H28N2O4/c1-12(2)18(3)16(23)13-4-8-19(9-5-13)14(20)10-17(6-7-17)11-15(21)22/h12-13H,4-11H2,1-3H3,(H,21,22). The van der Waals surface area contributed by atoms with Gasteiger partial charge in [-0.15, -0.1) is 0 Å². The van der Waals surface area contributed by atoms with Crippen molar-refractivity contribution in [2.75, 3.05) is 20.1 Å². The number of likely N-dealkylation sites (tertiary alicyclic amines) is 1. The van der Waals surface area contributed by atoms with Gasteiger partial charge in [0.2, 0.25) is 11.8 Å². The van der Waals surface area contributed by atoms with E-state index in [1.807, 2.05) is 20.9 Å². The lowest BCUT2D eigenvalue weighted by molar-refractivity contribution is -0.142. The fraction of sp³-hybridized carbons (Fsp3) is 0.824. The van der Waals surface area contributed by atoms with Gasteiger partial charge in [-0.2, -0.15) is 0 Å². The lowest BCUT2D eigenvalue weighted by atomic mass is 9.93. The molecule has 0 unspecified atom stereocenters. The Bertz CT molecular complexity index is 477. The summed E-state index contributed by atoms with van der Waals surface area (Å²) >= 11 is 0. The minimum atomic E-state index is -0.823. The van der Waals surface area contributed by atoms with E-state index in [0.29, 0.717) is 32.4 Å². The van der Waals surface area contributed by atoms with Gasteiger partial charge in [0.1, 0.15) is 0 Å². The van der Waals surface area contributed by atoms with Crippen LogP contribution in [0.3, 0.4) is 0 Å². The van der Waals surface area contributed by atoms with Gasteiger partial charge in [-0.3, -0.25) is 14.4 Å². The summed E-state index contributed by atoms with van der Waals surface area (Å²) in [6.45, 7) is 5.19. The van der Waals surface area contributed by atoms with Gasteiger partial charge in [0, 0.05) is 38.5 Å². The van der Waals surface area contributed by atoms with Crippen LogP contribution < -0.4 is 0 Å². The fourth-order valence-corrected chi connectivity index (χ4v) is 3.26. The molecule has 1 heterocycles. The average molecular weight is 324 g/mol. The average Bonchev–Trinajstić information content (AvgIpc) is 3.23. The minimum Gasteiger partial charge on any atom is -0.481 e. The van der Waals surface area contributed by atoms with E-state index in [-0.39, 0.29) is 35.6 Å². The van der Waals surface area contributed by atoms with E-state index < -0.39 is 5.97 Å². The number of carbonyl (C=O) groups excluding carboxylic acids is 2. The molecule has 2 amide bonds. The fourth-order valence-electron chi connectivity index (χ4n) is 3.26. The van der Waals surface area contributed by atoms with Gasteiger partial charge >= 0.3 is 5.97 Å². The topological polar surface area (TPSA) is 77.9 Å². The Hall–Kier alpha value is -1.59. The van der Waals surface area contributed by atoms with E-state index in [1.54, 1.807) is 9.80 Å². The van der Waals surface area contributed by atoms with Crippen molar-refractivity contribution >= 4 is 17.8 Å². The zero-order chi connectivity index (χ0) is 17.2. The van der Waals surface area contributed by atoms with Gasteiger partial charge in [0.25, 0.3) is 0 Å². The molecule has 2 fully saturated rings. The monoisotopic (exact) mass is 324 g/mol. The molecule has 1 N–H and O–H groups in total. The summed E-state index contributed by atoms with van der Waals surface area (Å²) in [7, 11) is 1.83. The van der Waals surface area contributed by atoms with Crippen molar-refractivity contribution < 1.29 is 19.5 Å². The molecule has 1 saturated heterocycles. The number of hydrogen-bond donors (Lipinski definition) is 1. The number of piperidine rings is 1. The highest BCUT2D eigenvalue weighted by molar-refractivity contribution is 5.81. The highest BCUT2D eigenvalue weighted by Gasteiger charge is 2.46. The summed E-state index contributed by atoms with van der Waals surface area (Å²) in [5, 5.41) is 8.94. The normalized spacial score (nSPS) is 20.4. The van der Waals surface area contributed by atoms with Crippen LogP contribution in [-0.4, -0.2) is 58.9 Å². The molecular weight excluding hydrogens is 296 g/mol. The van der Waals surface area contributed by atoms with Crippen LogP contribution in [0.25, 0.3) is 0 Å². The first-order valence-corrected chi connectivity index (χ1v) is 8.50. The van der Waals surface area contributed by atoms with Gasteiger partial charge < -0.3 is 14.9 Å². The second-order valence-corrected chi connectivity index (χ2v) is 7.45. The van der Waals surface area contributed by atoms with Crippen LogP contribution in [0, 0.1) is 11.3 Å². The SMILES string of the molecule is CC(C)N(C)C(=O)C1CCN(C(=O)CC2(CC(=O)O)CC2)CC1. The van der Waals surface area contributed by atoms with Crippen LogP contribution >= 0.6 is 0 Å². The van der Waals surface area contributed by atoms with Gasteiger partial charge in [-0.25, -0.2) is 0 Å². The van der Waals surface area contributed by atoms with E-state index in [2.05, 4.69) is 0 Å². The molecule has 0 aromatic rings. The summed E-state index contributed by atoms with van der Waals surface area (Å²) in [5.74, 6) is -0.611. The number of rotatable bonds is 6. The minimum absolute atomic E-state index is 0.000329. The Morgan fingerprint density at radius 1 is 1.17 bits per heavy atom. The van der Waals surface area contributed by atoms with Crippen molar-refractivity contribution in [1.29, 1.82) is 0 Å². The molecule has 1 aliphatic heterocycles. The molecule has 1 aliphatic carbocycles. The maximum absolute atomic E-state index is 12.4. The highest BCUT2D eigenvalue weighted by Crippen LogP contribution is 2.52. The van der Waals surface area contributed by atoms with E-state index in [1.165, 1.54) is 0 Å². The van der Waals surface area contributed by atoms with Gasteiger partial charge in [-0.1, -0.05) is 0 Å². The van der Waals surface area contributed by atoms with Crippen LogP contribution in [-0.2, 0) is 14.4 Å². The Morgan fingerprint density at radius 3 is 2.17 bits per heavy atom. The molecule has 0 aromatic carbocycles. The number of hydrogen-bond acceptors (Lipinski definition) is 3. The first-order valence-electron chi connectivity index (χ1n) is 8.50. The van der Waals surface area contributed by atoms with Crippen LogP contribution in [0.2, 0.25) is 0 Å². The number of nitrogens with zero attached hydrogens (tertiary/aromatic N) is 2. The largest absolute Gasteiger partial charge is 0.481 e. The molecule has 2 rings (SSSR count). The van der Waals surface area contributed by atoms with Crippen molar-refractivity contribution in [3.8, 4) is 0 Å². The number of carbonyl (C=O) groups is 3. The smallest absolute Gasteiger partial charge is 0.303 e. The van der Waals surface area contributed by atoms with Crippen molar-refractivity contribution in [3.63, 3.8) is 0 Å². The van der Waals surface area contributed by atoms with Gasteiger partial charge in [0.15, 0.2) is 0 Å². The molecule has 6 heteroatoms. The second kappa shape index (κ2) is 6.89. The van der Waals surface area contributed by atoms with Crippen LogP contribution in [0.5, 0.6) is 0 Å². The molecule has 1 saturated carbocycles. The van der Waals surface area contributed by atoms with Crippen LogP contribution in [0.4, 0.5) is 0 Å².